The number of aromatic hydroxyl groups is 1. The van der Waals surface area contributed by atoms with Gasteiger partial charge >= 0.3 is 0 Å². The monoisotopic (exact) mass is 477 g/mol. The standard InChI is InChI=1S/C23H16ClN5O3S/c24-15-8-10-17(11-9-15)33(31,32)21-20-23(28-19-7-2-1-6-18(19)27-20)29(22(21)25)26-13-14-4-3-5-16(30)12-14/h1-13,30H,25H2/b26-13+. The summed E-state index contributed by atoms with van der Waals surface area (Å²) < 4.78 is 28.4. The van der Waals surface area contributed by atoms with Gasteiger partial charge < -0.3 is 10.8 Å². The number of hydrogen-bond acceptors (Lipinski definition) is 7. The van der Waals surface area contributed by atoms with E-state index in [1.165, 1.54) is 47.3 Å². The Balaban J connectivity index is 1.79. The Labute approximate surface area is 193 Å². The van der Waals surface area contributed by atoms with E-state index in [2.05, 4.69) is 15.1 Å². The SMILES string of the molecule is Nc1c(S(=O)(=O)c2ccc(Cl)cc2)c2nc3ccccc3nc2n1/N=C/c1cccc(O)c1. The number of fused-ring (bicyclic) bond motifs is 2. The van der Waals surface area contributed by atoms with Crippen LogP contribution in [0.25, 0.3) is 22.2 Å². The molecule has 10 heteroatoms. The van der Waals surface area contributed by atoms with E-state index in [0.717, 1.165) is 0 Å². The second kappa shape index (κ2) is 7.88. The summed E-state index contributed by atoms with van der Waals surface area (Å²) >= 11 is 5.93. The van der Waals surface area contributed by atoms with Gasteiger partial charge in [0.05, 0.1) is 22.1 Å². The van der Waals surface area contributed by atoms with Crippen LogP contribution in [0.4, 0.5) is 5.82 Å². The summed E-state index contributed by atoms with van der Waals surface area (Å²) in [5, 5.41) is 14.5. The van der Waals surface area contributed by atoms with E-state index in [1.807, 2.05) is 0 Å². The van der Waals surface area contributed by atoms with E-state index < -0.39 is 9.84 Å². The number of aromatic nitrogens is 3. The third kappa shape index (κ3) is 3.67. The Hall–Kier alpha value is -3.95. The molecule has 8 nitrogen and oxygen atoms in total. The fourth-order valence-electron chi connectivity index (χ4n) is 3.47. The number of nitrogens with zero attached hydrogens (tertiary/aromatic N) is 4. The van der Waals surface area contributed by atoms with Crippen LogP contribution in [-0.4, -0.2) is 34.4 Å². The molecule has 0 saturated carbocycles. The van der Waals surface area contributed by atoms with Crippen molar-refractivity contribution in [2.24, 2.45) is 5.10 Å². The first kappa shape index (κ1) is 20.9. The van der Waals surface area contributed by atoms with Gasteiger partial charge in [0, 0.05) is 5.02 Å². The number of nitrogen functional groups attached to an aromatic ring is 1. The summed E-state index contributed by atoms with van der Waals surface area (Å²) in [5.74, 6) is -0.0623. The van der Waals surface area contributed by atoms with Crippen LogP contribution in [-0.2, 0) is 9.84 Å². The quantitative estimate of drug-likeness (QED) is 0.373. The van der Waals surface area contributed by atoms with Crippen molar-refractivity contribution in [2.45, 2.75) is 9.79 Å². The molecule has 0 aliphatic carbocycles. The Morgan fingerprint density at radius 1 is 0.970 bits per heavy atom. The summed E-state index contributed by atoms with van der Waals surface area (Å²) in [6, 6.07) is 19.3. The largest absolute Gasteiger partial charge is 0.508 e. The lowest BCUT2D eigenvalue weighted by Gasteiger charge is -2.05. The lowest BCUT2D eigenvalue weighted by molar-refractivity contribution is 0.475. The second-order valence-electron chi connectivity index (χ2n) is 7.21. The van der Waals surface area contributed by atoms with Gasteiger partial charge in [-0.1, -0.05) is 35.9 Å². The Bertz CT molecular complexity index is 1660. The van der Waals surface area contributed by atoms with Gasteiger partial charge in [-0.2, -0.15) is 9.78 Å². The maximum Gasteiger partial charge on any atom is 0.212 e. The van der Waals surface area contributed by atoms with Crippen molar-refractivity contribution in [2.75, 3.05) is 5.73 Å². The van der Waals surface area contributed by atoms with Crippen molar-refractivity contribution in [1.29, 1.82) is 0 Å². The summed E-state index contributed by atoms with van der Waals surface area (Å²) in [4.78, 5) is 8.97. The van der Waals surface area contributed by atoms with Gasteiger partial charge in [-0.3, -0.25) is 0 Å². The average molecular weight is 478 g/mol. The minimum absolute atomic E-state index is 0.0181. The molecule has 33 heavy (non-hydrogen) atoms. The maximum absolute atomic E-state index is 13.6. The van der Waals surface area contributed by atoms with Crippen LogP contribution in [0.3, 0.4) is 0 Å². The molecular weight excluding hydrogens is 462 g/mol. The van der Waals surface area contributed by atoms with Gasteiger partial charge in [0.2, 0.25) is 9.84 Å². The van der Waals surface area contributed by atoms with E-state index in [4.69, 9.17) is 17.3 Å². The molecule has 0 unspecified atom stereocenters. The lowest BCUT2D eigenvalue weighted by atomic mass is 10.2. The lowest BCUT2D eigenvalue weighted by Crippen LogP contribution is -2.06. The van der Waals surface area contributed by atoms with Crippen LogP contribution in [0, 0.1) is 0 Å². The van der Waals surface area contributed by atoms with Crippen molar-refractivity contribution >= 4 is 55.7 Å². The molecule has 3 aromatic carbocycles. The Morgan fingerprint density at radius 3 is 2.36 bits per heavy atom. The number of phenols is 1. The van der Waals surface area contributed by atoms with Crippen molar-refractivity contribution in [1.82, 2.24) is 14.6 Å². The third-order valence-corrected chi connectivity index (χ3v) is 7.10. The number of para-hydroxylation sites is 2. The molecule has 3 N–H and O–H groups in total. The normalized spacial score (nSPS) is 12.2. The smallest absolute Gasteiger partial charge is 0.212 e. The fraction of sp³-hybridized carbons (Fsp3) is 0. The molecular formula is C23H16ClN5O3S. The van der Waals surface area contributed by atoms with Crippen LogP contribution in [0.5, 0.6) is 5.75 Å². The number of hydrogen-bond donors (Lipinski definition) is 2. The molecule has 5 rings (SSSR count). The maximum atomic E-state index is 13.6. The molecule has 0 spiro atoms. The first-order valence-electron chi connectivity index (χ1n) is 9.75. The first-order valence-corrected chi connectivity index (χ1v) is 11.6. The van der Waals surface area contributed by atoms with Gasteiger partial charge in [-0.25, -0.2) is 18.4 Å². The van der Waals surface area contributed by atoms with Crippen LogP contribution in [0.2, 0.25) is 5.02 Å². The fourth-order valence-corrected chi connectivity index (χ4v) is 5.07. The molecule has 0 fully saturated rings. The third-order valence-electron chi connectivity index (χ3n) is 5.01. The highest BCUT2D eigenvalue weighted by atomic mass is 35.5. The molecule has 0 saturated heterocycles. The van der Waals surface area contributed by atoms with Crippen molar-refractivity contribution in [3.8, 4) is 5.75 Å². The van der Waals surface area contributed by atoms with Crippen molar-refractivity contribution in [3.63, 3.8) is 0 Å². The highest BCUT2D eigenvalue weighted by molar-refractivity contribution is 7.92. The minimum Gasteiger partial charge on any atom is -0.508 e. The summed E-state index contributed by atoms with van der Waals surface area (Å²) in [7, 11) is -4.07. The molecule has 5 aromatic rings. The van der Waals surface area contributed by atoms with Crippen LogP contribution in [0.15, 0.2) is 87.7 Å². The summed E-state index contributed by atoms with van der Waals surface area (Å²) in [6.45, 7) is 0. The van der Waals surface area contributed by atoms with E-state index >= 15 is 0 Å². The van der Waals surface area contributed by atoms with Crippen LogP contribution in [0.1, 0.15) is 5.56 Å². The number of benzene rings is 3. The second-order valence-corrected chi connectivity index (χ2v) is 9.53. The molecule has 0 radical (unpaired) electrons. The zero-order valence-corrected chi connectivity index (χ0v) is 18.5. The van der Waals surface area contributed by atoms with Gasteiger partial charge in [0.15, 0.2) is 5.65 Å². The van der Waals surface area contributed by atoms with E-state index in [-0.39, 0.29) is 32.5 Å². The van der Waals surface area contributed by atoms with Crippen molar-refractivity contribution in [3.05, 3.63) is 83.4 Å². The summed E-state index contributed by atoms with van der Waals surface area (Å²) in [5.41, 5.74) is 8.31. The molecule has 2 heterocycles. The van der Waals surface area contributed by atoms with Gasteiger partial charge in [-0.05, 0) is 54.1 Å². The number of nitrogens with two attached hydrogens (primary N) is 1. The summed E-state index contributed by atoms with van der Waals surface area (Å²) in [6.07, 6.45) is 1.45. The zero-order valence-electron chi connectivity index (χ0n) is 16.9. The van der Waals surface area contributed by atoms with Crippen LogP contribution < -0.4 is 5.73 Å². The number of rotatable bonds is 4. The first-order chi connectivity index (χ1) is 15.8. The van der Waals surface area contributed by atoms with E-state index in [1.54, 1.807) is 36.4 Å². The Morgan fingerprint density at radius 2 is 1.67 bits per heavy atom. The Kier molecular flexibility index (Phi) is 4.99. The van der Waals surface area contributed by atoms with E-state index in [0.29, 0.717) is 21.6 Å². The molecule has 0 amide bonds. The van der Waals surface area contributed by atoms with Crippen LogP contribution >= 0.6 is 11.6 Å². The average Bonchev–Trinajstić information content (AvgIpc) is 3.07. The number of anilines is 1. The number of halogens is 1. The number of phenolic OH excluding ortho intramolecular Hbond substituents is 1. The molecule has 164 valence electrons. The van der Waals surface area contributed by atoms with Gasteiger partial charge in [-0.15, -0.1) is 0 Å². The minimum atomic E-state index is -4.07. The zero-order chi connectivity index (χ0) is 23.2. The topological polar surface area (TPSA) is 123 Å². The number of sulfone groups is 1. The van der Waals surface area contributed by atoms with Crippen molar-refractivity contribution < 1.29 is 13.5 Å². The van der Waals surface area contributed by atoms with E-state index in [9.17, 15) is 13.5 Å². The molecule has 0 bridgehead atoms. The predicted octanol–water partition coefficient (Wildman–Crippen LogP) is 4.24. The van der Waals surface area contributed by atoms with Gasteiger partial charge in [0.1, 0.15) is 22.0 Å². The molecule has 0 aliphatic heterocycles. The highest BCUT2D eigenvalue weighted by Crippen LogP contribution is 2.35. The molecule has 0 atom stereocenters. The molecule has 2 aromatic heterocycles. The predicted molar refractivity (Wildman–Crippen MR) is 127 cm³/mol. The highest BCUT2D eigenvalue weighted by Gasteiger charge is 2.30. The molecule has 0 aliphatic rings. The van der Waals surface area contributed by atoms with Gasteiger partial charge in [0.25, 0.3) is 0 Å².